The molecule has 0 saturated carbocycles. The molecule has 0 amide bonds. The van der Waals surface area contributed by atoms with Crippen LogP contribution in [0, 0.1) is 0 Å². The molecule has 0 spiro atoms. The second kappa shape index (κ2) is 9.82. The highest BCUT2D eigenvalue weighted by Gasteiger charge is 2.14. The summed E-state index contributed by atoms with van der Waals surface area (Å²) in [4.78, 5) is 24.2. The molecule has 2 aromatic heterocycles. The molecular weight excluding hydrogens is 450 g/mol. The maximum Gasteiger partial charge on any atom is 0.306 e. The number of hydrogen-bond donors (Lipinski definition) is 3. The Morgan fingerprint density at radius 3 is 2.81 bits per heavy atom. The van der Waals surface area contributed by atoms with Crippen molar-refractivity contribution in [3.05, 3.63) is 65.4 Å². The smallest absolute Gasteiger partial charge is 0.306 e. The van der Waals surface area contributed by atoms with Gasteiger partial charge in [0.15, 0.2) is 10.6 Å². The molecule has 8 nitrogen and oxygen atoms in total. The third kappa shape index (κ3) is 5.08. The highest BCUT2D eigenvalue weighted by atomic mass is 35.5. The normalized spacial score (nSPS) is 12.3. The predicted molar refractivity (Wildman–Crippen MR) is 126 cm³/mol. The van der Waals surface area contributed by atoms with Crippen molar-refractivity contribution in [1.82, 2.24) is 14.3 Å². The van der Waals surface area contributed by atoms with Gasteiger partial charge in [-0.2, -0.15) is 4.37 Å². The zero-order chi connectivity index (χ0) is 22.5. The van der Waals surface area contributed by atoms with Crippen LogP contribution in [-0.2, 0) is 4.79 Å². The molecule has 32 heavy (non-hydrogen) atoms. The molecule has 2 heterocycles. The van der Waals surface area contributed by atoms with Crippen LogP contribution in [0.2, 0.25) is 5.02 Å². The molecule has 0 aliphatic carbocycles. The third-order valence-corrected chi connectivity index (χ3v) is 5.64. The number of nitrogens with one attached hydrogen (secondary N) is 1. The van der Waals surface area contributed by atoms with Crippen LogP contribution in [-0.4, -0.2) is 49.4 Å². The van der Waals surface area contributed by atoms with Gasteiger partial charge in [0, 0.05) is 11.8 Å². The minimum atomic E-state index is -1.08. The highest BCUT2D eigenvalue weighted by molar-refractivity contribution is 7.13. The molecule has 0 bridgehead atoms. The second-order valence-corrected chi connectivity index (χ2v) is 8.01. The van der Waals surface area contributed by atoms with Crippen LogP contribution in [0.25, 0.3) is 21.5 Å². The molecule has 4 rings (SSSR count). The molecule has 1 atom stereocenters. The van der Waals surface area contributed by atoms with Crippen LogP contribution in [0.5, 0.6) is 0 Å². The van der Waals surface area contributed by atoms with E-state index >= 15 is 0 Å². The first-order valence-corrected chi connectivity index (χ1v) is 10.8. The van der Waals surface area contributed by atoms with E-state index < -0.39 is 12.1 Å². The molecule has 0 aliphatic rings. The monoisotopic (exact) mass is 467 g/mol. The number of hydrogen-bond acceptors (Lipinski definition) is 8. The Morgan fingerprint density at radius 1 is 1.22 bits per heavy atom. The summed E-state index contributed by atoms with van der Waals surface area (Å²) in [7, 11) is 0. The van der Waals surface area contributed by atoms with E-state index in [0.717, 1.165) is 11.1 Å². The van der Waals surface area contributed by atoms with Gasteiger partial charge >= 0.3 is 5.97 Å². The van der Waals surface area contributed by atoms with E-state index in [9.17, 15) is 9.90 Å². The quantitative estimate of drug-likeness (QED) is 0.328. The molecule has 0 fully saturated rings. The maximum absolute atomic E-state index is 10.6. The first-order valence-electron chi connectivity index (χ1n) is 9.64. The summed E-state index contributed by atoms with van der Waals surface area (Å²) in [5.74, 6) is -0.560. The number of halogens is 1. The Kier molecular flexibility index (Phi) is 6.69. The number of benzene rings is 2. The van der Waals surface area contributed by atoms with E-state index in [4.69, 9.17) is 16.7 Å². The SMILES string of the molecule is O=C(O)CC(O)CN=Cc1cnc2snc(Nc3cccc(-c4ccccc4)c3Cl)c2n1. The van der Waals surface area contributed by atoms with Crippen molar-refractivity contribution in [2.45, 2.75) is 12.5 Å². The van der Waals surface area contributed by atoms with Crippen molar-refractivity contribution in [3.8, 4) is 11.1 Å². The molecule has 3 N–H and O–H groups in total. The van der Waals surface area contributed by atoms with Gasteiger partial charge in [0.1, 0.15) is 11.2 Å². The zero-order valence-electron chi connectivity index (χ0n) is 16.6. The Balaban J connectivity index is 1.57. The summed E-state index contributed by atoms with van der Waals surface area (Å²) >= 11 is 7.87. The van der Waals surface area contributed by atoms with Gasteiger partial charge < -0.3 is 15.5 Å². The predicted octanol–water partition coefficient (Wildman–Crippen LogP) is 4.40. The lowest BCUT2D eigenvalue weighted by Gasteiger charge is -2.11. The number of nitrogens with zero attached hydrogens (tertiary/aromatic N) is 4. The van der Waals surface area contributed by atoms with Gasteiger partial charge in [-0.25, -0.2) is 9.97 Å². The van der Waals surface area contributed by atoms with Crippen LogP contribution in [0.4, 0.5) is 11.5 Å². The number of aliphatic hydroxyl groups excluding tert-OH is 1. The molecule has 1 unspecified atom stereocenters. The molecule has 2 aromatic carbocycles. The molecule has 0 saturated heterocycles. The minimum absolute atomic E-state index is 0.0408. The van der Waals surface area contributed by atoms with Crippen LogP contribution < -0.4 is 5.32 Å². The van der Waals surface area contributed by atoms with Gasteiger partial charge in [-0.1, -0.05) is 54.1 Å². The molecule has 10 heteroatoms. The molecule has 162 valence electrons. The van der Waals surface area contributed by atoms with E-state index in [1.807, 2.05) is 48.5 Å². The summed E-state index contributed by atoms with van der Waals surface area (Å²) in [5.41, 5.74) is 3.62. The lowest BCUT2D eigenvalue weighted by molar-refractivity contribution is -0.139. The number of aliphatic hydroxyl groups is 1. The minimum Gasteiger partial charge on any atom is -0.481 e. The Labute approximate surface area is 192 Å². The fourth-order valence-corrected chi connectivity index (χ4v) is 3.94. The first kappa shape index (κ1) is 21.8. The average molecular weight is 468 g/mol. The van der Waals surface area contributed by atoms with Crippen molar-refractivity contribution < 1.29 is 15.0 Å². The van der Waals surface area contributed by atoms with Gasteiger partial charge in [0.2, 0.25) is 0 Å². The van der Waals surface area contributed by atoms with Gasteiger partial charge in [-0.3, -0.25) is 9.79 Å². The van der Waals surface area contributed by atoms with E-state index in [0.29, 0.717) is 32.6 Å². The Bertz CT molecular complexity index is 1280. The maximum atomic E-state index is 10.6. The number of aliphatic imine (C=N–C) groups is 1. The molecule has 0 aliphatic heterocycles. The van der Waals surface area contributed by atoms with Crippen molar-refractivity contribution >= 4 is 57.2 Å². The van der Waals surface area contributed by atoms with Crippen molar-refractivity contribution in [1.29, 1.82) is 0 Å². The summed E-state index contributed by atoms with van der Waals surface area (Å²) < 4.78 is 4.41. The van der Waals surface area contributed by atoms with Gasteiger partial charge in [0.25, 0.3) is 0 Å². The number of aliphatic carboxylic acids is 1. The van der Waals surface area contributed by atoms with Gasteiger partial charge in [-0.15, -0.1) is 0 Å². The number of anilines is 2. The molecular formula is C22H18ClN5O3S. The van der Waals surface area contributed by atoms with Crippen LogP contribution in [0.15, 0.2) is 59.7 Å². The fourth-order valence-electron chi connectivity index (χ4n) is 3.02. The number of carboxylic acid groups (broad SMARTS) is 1. The van der Waals surface area contributed by atoms with Crippen molar-refractivity contribution in [2.24, 2.45) is 4.99 Å². The lowest BCUT2D eigenvalue weighted by atomic mass is 10.1. The largest absolute Gasteiger partial charge is 0.481 e. The van der Waals surface area contributed by atoms with Gasteiger partial charge in [0.05, 0.1) is 36.0 Å². The lowest BCUT2D eigenvalue weighted by Crippen LogP contribution is -2.16. The number of fused-ring (bicyclic) bond motifs is 1. The van der Waals surface area contributed by atoms with Crippen molar-refractivity contribution in [3.63, 3.8) is 0 Å². The summed E-state index contributed by atoms with van der Waals surface area (Å²) in [5, 5.41) is 22.1. The number of carboxylic acids is 1. The standard InChI is InChI=1S/C22H18ClN5O3S/c23-19-16(13-5-2-1-3-6-13)7-4-8-17(19)27-21-20-22(32-28-21)25-11-14(26-20)10-24-12-15(29)9-18(30)31/h1-8,10-11,15,29H,9,12H2,(H,27,28)(H,30,31). The first-order chi connectivity index (χ1) is 15.5. The highest BCUT2D eigenvalue weighted by Crippen LogP contribution is 2.36. The zero-order valence-corrected chi connectivity index (χ0v) is 18.2. The molecule has 4 aromatic rings. The Hall–Kier alpha value is -3.40. The summed E-state index contributed by atoms with van der Waals surface area (Å²) in [6.45, 7) is -0.0408. The van der Waals surface area contributed by atoms with Crippen molar-refractivity contribution in [2.75, 3.05) is 11.9 Å². The van der Waals surface area contributed by atoms with E-state index in [2.05, 4.69) is 24.7 Å². The van der Waals surface area contributed by atoms with E-state index in [-0.39, 0.29) is 13.0 Å². The second-order valence-electron chi connectivity index (χ2n) is 6.88. The van der Waals surface area contributed by atoms with E-state index in [1.165, 1.54) is 17.7 Å². The fraction of sp³-hybridized carbons (Fsp3) is 0.136. The number of rotatable bonds is 8. The molecule has 0 radical (unpaired) electrons. The van der Waals surface area contributed by atoms with Crippen LogP contribution in [0.1, 0.15) is 12.1 Å². The number of aromatic nitrogens is 3. The number of carbonyl (C=O) groups is 1. The van der Waals surface area contributed by atoms with Crippen LogP contribution in [0.3, 0.4) is 0 Å². The summed E-state index contributed by atoms with van der Waals surface area (Å²) in [6, 6.07) is 15.6. The van der Waals surface area contributed by atoms with E-state index in [1.54, 1.807) is 6.20 Å². The topological polar surface area (TPSA) is 121 Å². The van der Waals surface area contributed by atoms with Crippen LogP contribution >= 0.6 is 23.1 Å². The van der Waals surface area contributed by atoms with Gasteiger partial charge in [-0.05, 0) is 23.2 Å². The Morgan fingerprint density at radius 2 is 2.03 bits per heavy atom. The third-order valence-electron chi connectivity index (χ3n) is 4.49. The average Bonchev–Trinajstić information content (AvgIpc) is 3.17. The summed E-state index contributed by atoms with van der Waals surface area (Å²) in [6.07, 6.45) is 1.56.